The van der Waals surface area contributed by atoms with Crippen LogP contribution in [0.4, 0.5) is 9.18 Å². The van der Waals surface area contributed by atoms with Crippen molar-refractivity contribution in [2.75, 3.05) is 6.54 Å². The molecule has 2 aliphatic rings. The van der Waals surface area contributed by atoms with E-state index in [2.05, 4.69) is 5.32 Å². The monoisotopic (exact) mass is 465 g/mol. The number of carbonyl (C=O) groups is 3. The molecule has 6 nitrogen and oxygen atoms in total. The van der Waals surface area contributed by atoms with Gasteiger partial charge in [-0.2, -0.15) is 0 Å². The van der Waals surface area contributed by atoms with Crippen LogP contribution in [0.2, 0.25) is 0 Å². The zero-order chi connectivity index (χ0) is 23.5. The molecule has 0 radical (unpaired) electrons. The topological polar surface area (TPSA) is 71.4 Å². The molecular formula is C25H24FN3O3S. The Balaban J connectivity index is 1.44. The predicted octanol–water partition coefficient (Wildman–Crippen LogP) is 4.57. The first-order valence-corrected chi connectivity index (χ1v) is 11.8. The van der Waals surface area contributed by atoms with Crippen LogP contribution >= 0.6 is 11.3 Å². The Kier molecular flexibility index (Phi) is 5.01. The van der Waals surface area contributed by atoms with E-state index in [0.717, 1.165) is 33.9 Å². The van der Waals surface area contributed by atoms with Gasteiger partial charge >= 0.3 is 6.03 Å². The van der Waals surface area contributed by atoms with Gasteiger partial charge in [0.25, 0.3) is 5.91 Å². The van der Waals surface area contributed by atoms with Crippen molar-refractivity contribution in [3.63, 3.8) is 0 Å². The molecule has 1 saturated heterocycles. The van der Waals surface area contributed by atoms with E-state index in [4.69, 9.17) is 0 Å². The van der Waals surface area contributed by atoms with Gasteiger partial charge in [-0.1, -0.05) is 6.07 Å². The summed E-state index contributed by atoms with van der Waals surface area (Å²) in [4.78, 5) is 41.6. The molecule has 1 aliphatic carbocycles. The normalized spacial score (nSPS) is 19.8. The summed E-state index contributed by atoms with van der Waals surface area (Å²) in [7, 11) is 0. The van der Waals surface area contributed by atoms with Gasteiger partial charge in [-0.25, -0.2) is 9.18 Å². The number of nitrogens with one attached hydrogen (secondary N) is 1. The summed E-state index contributed by atoms with van der Waals surface area (Å²) in [6, 6.07) is 8.02. The number of ketones is 1. The standard InChI is InChI=1S/C25H24FN3O3S/c1-14-6-7-17(12-20(14)26)29-15(2)11-18(16(29)3)21(30)13-28-23(31)25(27-24(28)32)9-4-5-22-19(25)8-10-33-22/h6-8,10-12H,4-5,9,13H2,1-3H3,(H,27,32). The third-order valence-electron chi connectivity index (χ3n) is 6.78. The molecule has 2 aromatic heterocycles. The van der Waals surface area contributed by atoms with Crippen molar-refractivity contribution < 1.29 is 18.8 Å². The number of imide groups is 1. The maximum absolute atomic E-state index is 14.1. The lowest BCUT2D eigenvalue weighted by molar-refractivity contribution is -0.131. The summed E-state index contributed by atoms with van der Waals surface area (Å²) >= 11 is 1.59. The lowest BCUT2D eigenvalue weighted by Crippen LogP contribution is -2.46. The Labute approximate surface area is 195 Å². The summed E-state index contributed by atoms with van der Waals surface area (Å²) in [5.41, 5.74) is 2.76. The number of hydrogen-bond donors (Lipinski definition) is 1. The predicted molar refractivity (Wildman–Crippen MR) is 123 cm³/mol. The van der Waals surface area contributed by atoms with Gasteiger partial charge in [-0.15, -0.1) is 11.3 Å². The molecule has 1 atom stereocenters. The third kappa shape index (κ3) is 3.23. The number of thiophene rings is 1. The molecule has 3 heterocycles. The number of urea groups is 1. The van der Waals surface area contributed by atoms with Gasteiger partial charge in [0.05, 0.1) is 6.54 Å². The number of hydrogen-bond acceptors (Lipinski definition) is 4. The zero-order valence-electron chi connectivity index (χ0n) is 18.7. The van der Waals surface area contributed by atoms with Crippen molar-refractivity contribution in [1.82, 2.24) is 14.8 Å². The van der Waals surface area contributed by atoms with Gasteiger partial charge < -0.3 is 9.88 Å². The van der Waals surface area contributed by atoms with Crippen LogP contribution in [-0.4, -0.2) is 33.7 Å². The van der Waals surface area contributed by atoms with Crippen molar-refractivity contribution in [2.24, 2.45) is 0 Å². The minimum absolute atomic E-state index is 0.321. The fourth-order valence-electron chi connectivity index (χ4n) is 5.08. The van der Waals surface area contributed by atoms with Crippen molar-refractivity contribution in [1.29, 1.82) is 0 Å². The molecule has 0 saturated carbocycles. The number of halogens is 1. The highest BCUT2D eigenvalue weighted by atomic mass is 32.1. The first kappa shape index (κ1) is 21.6. The largest absolute Gasteiger partial charge is 0.325 e. The van der Waals surface area contributed by atoms with Crippen molar-refractivity contribution >= 4 is 29.1 Å². The maximum Gasteiger partial charge on any atom is 0.325 e. The van der Waals surface area contributed by atoms with E-state index in [1.165, 1.54) is 6.07 Å². The van der Waals surface area contributed by atoms with Gasteiger partial charge in [0.1, 0.15) is 11.4 Å². The number of benzene rings is 1. The molecule has 3 aromatic rings. The van der Waals surface area contributed by atoms with Crippen LogP contribution < -0.4 is 5.32 Å². The van der Waals surface area contributed by atoms with Gasteiger partial charge in [0, 0.05) is 33.1 Å². The minimum atomic E-state index is -1.07. The molecule has 1 N–H and O–H groups in total. The van der Waals surface area contributed by atoms with Crippen molar-refractivity contribution in [2.45, 2.75) is 45.6 Å². The maximum atomic E-state index is 14.1. The summed E-state index contributed by atoms with van der Waals surface area (Å²) < 4.78 is 15.9. The summed E-state index contributed by atoms with van der Waals surface area (Å²) in [5, 5.41) is 4.82. The van der Waals surface area contributed by atoms with Crippen LogP contribution in [0.25, 0.3) is 5.69 Å². The molecule has 1 spiro atoms. The van der Waals surface area contributed by atoms with Crippen LogP contribution in [0.5, 0.6) is 0 Å². The van der Waals surface area contributed by atoms with E-state index >= 15 is 0 Å². The van der Waals surface area contributed by atoms with Gasteiger partial charge in [-0.3, -0.25) is 14.5 Å². The number of carbonyl (C=O) groups excluding carboxylic acids is 3. The smallest absolute Gasteiger partial charge is 0.319 e. The average Bonchev–Trinajstić information content (AvgIpc) is 3.43. The van der Waals surface area contributed by atoms with E-state index in [-0.39, 0.29) is 24.1 Å². The molecule has 3 amide bonds. The Morgan fingerprint density at radius 1 is 1.18 bits per heavy atom. The van der Waals surface area contributed by atoms with E-state index in [0.29, 0.717) is 28.9 Å². The van der Waals surface area contributed by atoms with Crippen LogP contribution in [0.1, 0.15) is 50.6 Å². The van der Waals surface area contributed by atoms with E-state index < -0.39 is 11.6 Å². The molecule has 0 bridgehead atoms. The van der Waals surface area contributed by atoms with Crippen LogP contribution in [0.3, 0.4) is 0 Å². The highest BCUT2D eigenvalue weighted by Gasteiger charge is 2.54. The number of Topliss-reactive ketones (excluding diaryl/α,β-unsaturated/α-hetero) is 1. The molecule has 1 aliphatic heterocycles. The molecule has 1 unspecified atom stereocenters. The molecule has 8 heteroatoms. The molecule has 170 valence electrons. The highest BCUT2D eigenvalue weighted by molar-refractivity contribution is 7.10. The second kappa shape index (κ2) is 7.66. The Morgan fingerprint density at radius 2 is 1.97 bits per heavy atom. The molecule has 5 rings (SSSR count). The summed E-state index contributed by atoms with van der Waals surface area (Å²) in [6.45, 7) is 4.98. The van der Waals surface area contributed by atoms with Crippen LogP contribution in [-0.2, 0) is 16.8 Å². The fraction of sp³-hybridized carbons (Fsp3) is 0.320. The Morgan fingerprint density at radius 3 is 2.73 bits per heavy atom. The molecular weight excluding hydrogens is 441 g/mol. The number of fused-ring (bicyclic) bond motifs is 2. The van der Waals surface area contributed by atoms with Crippen LogP contribution in [0, 0.1) is 26.6 Å². The second-order valence-corrected chi connectivity index (χ2v) is 9.82. The van der Waals surface area contributed by atoms with Crippen LogP contribution in [0.15, 0.2) is 35.7 Å². The molecule has 1 fully saturated rings. The fourth-order valence-corrected chi connectivity index (χ4v) is 6.08. The van der Waals surface area contributed by atoms with Crippen molar-refractivity contribution in [3.8, 4) is 5.69 Å². The van der Waals surface area contributed by atoms with Gasteiger partial charge in [-0.05, 0) is 75.2 Å². The number of aromatic nitrogens is 1. The lowest BCUT2D eigenvalue weighted by atomic mass is 9.80. The third-order valence-corrected chi connectivity index (χ3v) is 7.76. The quantitative estimate of drug-likeness (QED) is 0.453. The minimum Gasteiger partial charge on any atom is -0.319 e. The summed E-state index contributed by atoms with van der Waals surface area (Å²) in [5.74, 6) is -1.02. The zero-order valence-corrected chi connectivity index (χ0v) is 19.5. The number of amides is 3. The Bertz CT molecular complexity index is 1320. The first-order chi connectivity index (χ1) is 15.7. The van der Waals surface area contributed by atoms with Gasteiger partial charge in [0.2, 0.25) is 0 Å². The number of aryl methyl sites for hydroxylation is 3. The van der Waals surface area contributed by atoms with E-state index in [1.54, 1.807) is 43.4 Å². The molecule has 33 heavy (non-hydrogen) atoms. The number of rotatable bonds is 4. The average molecular weight is 466 g/mol. The SMILES string of the molecule is Cc1ccc(-n2c(C)cc(C(=O)CN3C(=O)NC4(CCCc5sccc54)C3=O)c2C)cc1F. The van der Waals surface area contributed by atoms with Gasteiger partial charge in [0.15, 0.2) is 5.78 Å². The lowest BCUT2D eigenvalue weighted by Gasteiger charge is -2.31. The second-order valence-electron chi connectivity index (χ2n) is 8.81. The highest BCUT2D eigenvalue weighted by Crippen LogP contribution is 2.42. The van der Waals surface area contributed by atoms with Crippen molar-refractivity contribution in [3.05, 3.63) is 74.5 Å². The first-order valence-electron chi connectivity index (χ1n) is 10.9. The van der Waals surface area contributed by atoms with E-state index in [9.17, 15) is 18.8 Å². The Hall–Kier alpha value is -3.26. The van der Waals surface area contributed by atoms with E-state index in [1.807, 2.05) is 22.9 Å². The number of nitrogens with zero attached hydrogens (tertiary/aromatic N) is 2. The summed E-state index contributed by atoms with van der Waals surface area (Å²) in [6.07, 6.45) is 2.22. The molecule has 1 aromatic carbocycles.